The molecule has 0 aliphatic carbocycles. The molecule has 0 radical (unpaired) electrons. The molecule has 2 aromatic rings. The Hall–Kier alpha value is -2.45. The fourth-order valence-electron chi connectivity index (χ4n) is 3.55. The van der Waals surface area contributed by atoms with Gasteiger partial charge in [-0.3, -0.25) is 0 Å². The summed E-state index contributed by atoms with van der Waals surface area (Å²) < 4.78 is 42.4. The molecule has 0 saturated heterocycles. The first-order valence-corrected chi connectivity index (χ1v) is 12.7. The highest BCUT2D eigenvalue weighted by molar-refractivity contribution is 7.91. The second-order valence-electron chi connectivity index (χ2n) is 8.12. The topological polar surface area (TPSA) is 82.1 Å². The first-order chi connectivity index (χ1) is 15.9. The van der Waals surface area contributed by atoms with Gasteiger partial charge in [0.1, 0.15) is 5.75 Å². The standard InChI is InChI=1S/C26H32O6S/c1-20-14-16-31-23(18-20)12-13-25(27)26(32-19-21-8-10-22(30-2)11-9-21)15-17-33(28,29)24-6-4-3-5-7-24/h3-14,23,25-27H,15-19H2,1-2H3/b13-12+/t23-,25?,26+/m1/s1. The van der Waals surface area contributed by atoms with Crippen molar-refractivity contribution in [1.29, 1.82) is 0 Å². The van der Waals surface area contributed by atoms with Gasteiger partial charge in [0.05, 0.1) is 49.3 Å². The van der Waals surface area contributed by atoms with Gasteiger partial charge >= 0.3 is 0 Å². The summed E-state index contributed by atoms with van der Waals surface area (Å²) in [5, 5.41) is 10.8. The Balaban J connectivity index is 1.68. The molecule has 0 amide bonds. The zero-order valence-corrected chi connectivity index (χ0v) is 19.9. The second-order valence-corrected chi connectivity index (χ2v) is 10.2. The SMILES string of the molecule is COc1ccc(CO[C@@H](CCS(=O)(=O)c2ccccc2)C(O)/C=C/[C@@H]2CC(C)=CCO2)cc1. The van der Waals surface area contributed by atoms with E-state index in [2.05, 4.69) is 6.92 Å². The molecule has 1 unspecified atom stereocenters. The summed E-state index contributed by atoms with van der Waals surface area (Å²) in [6.45, 7) is 2.84. The van der Waals surface area contributed by atoms with Crippen LogP contribution in [0, 0.1) is 0 Å². The minimum absolute atomic E-state index is 0.111. The smallest absolute Gasteiger partial charge is 0.178 e. The van der Waals surface area contributed by atoms with Crippen LogP contribution in [-0.2, 0) is 25.9 Å². The molecule has 1 N–H and O–H groups in total. The lowest BCUT2D eigenvalue weighted by molar-refractivity contribution is -0.0283. The van der Waals surface area contributed by atoms with Gasteiger partial charge in [0.15, 0.2) is 9.84 Å². The molecule has 6 nitrogen and oxygen atoms in total. The number of benzene rings is 2. The van der Waals surface area contributed by atoms with Crippen LogP contribution in [0.3, 0.4) is 0 Å². The molecule has 0 aromatic heterocycles. The molecule has 1 heterocycles. The van der Waals surface area contributed by atoms with Crippen LogP contribution in [0.2, 0.25) is 0 Å². The van der Waals surface area contributed by atoms with Crippen LogP contribution in [-0.4, -0.2) is 51.3 Å². The van der Waals surface area contributed by atoms with Crippen LogP contribution < -0.4 is 4.74 Å². The lowest BCUT2D eigenvalue weighted by atomic mass is 10.0. The fraction of sp³-hybridized carbons (Fsp3) is 0.385. The van der Waals surface area contributed by atoms with E-state index in [1.807, 2.05) is 36.4 Å². The quantitative estimate of drug-likeness (QED) is 0.496. The van der Waals surface area contributed by atoms with E-state index in [4.69, 9.17) is 14.2 Å². The molecule has 0 bridgehead atoms. The van der Waals surface area contributed by atoms with Gasteiger partial charge in [-0.15, -0.1) is 0 Å². The van der Waals surface area contributed by atoms with Gasteiger partial charge in [0, 0.05) is 0 Å². The number of sulfone groups is 1. The average molecular weight is 473 g/mol. The van der Waals surface area contributed by atoms with E-state index in [0.29, 0.717) is 6.61 Å². The Bertz CT molecular complexity index is 1030. The lowest BCUT2D eigenvalue weighted by Gasteiger charge is -2.23. The van der Waals surface area contributed by atoms with Crippen molar-refractivity contribution in [3.8, 4) is 5.75 Å². The summed E-state index contributed by atoms with van der Waals surface area (Å²) in [6, 6.07) is 15.8. The van der Waals surface area contributed by atoms with Crippen molar-refractivity contribution in [2.24, 2.45) is 0 Å². The van der Waals surface area contributed by atoms with Gasteiger partial charge in [-0.1, -0.05) is 54.1 Å². The minimum Gasteiger partial charge on any atom is -0.497 e. The number of aliphatic hydroxyl groups excluding tert-OH is 1. The van der Waals surface area contributed by atoms with Crippen molar-refractivity contribution >= 4 is 9.84 Å². The van der Waals surface area contributed by atoms with E-state index in [-0.39, 0.29) is 29.8 Å². The molecule has 3 atom stereocenters. The molecule has 0 fully saturated rings. The molecule has 33 heavy (non-hydrogen) atoms. The van der Waals surface area contributed by atoms with E-state index in [0.717, 1.165) is 17.7 Å². The number of hydrogen-bond donors (Lipinski definition) is 1. The normalized spacial score (nSPS) is 18.6. The largest absolute Gasteiger partial charge is 0.497 e. The molecule has 1 aliphatic rings. The molecular weight excluding hydrogens is 440 g/mol. The zero-order chi connectivity index (χ0) is 23.7. The second kappa shape index (κ2) is 12.1. The number of methoxy groups -OCH3 is 1. The highest BCUT2D eigenvalue weighted by Gasteiger charge is 2.23. The van der Waals surface area contributed by atoms with Crippen LogP contribution in [0.5, 0.6) is 5.75 Å². The van der Waals surface area contributed by atoms with Gasteiger partial charge in [0.2, 0.25) is 0 Å². The van der Waals surface area contributed by atoms with Crippen molar-refractivity contribution in [3.63, 3.8) is 0 Å². The summed E-state index contributed by atoms with van der Waals surface area (Å²) in [6.07, 6.45) is 4.67. The summed E-state index contributed by atoms with van der Waals surface area (Å²) in [5.41, 5.74) is 2.14. The van der Waals surface area contributed by atoms with E-state index < -0.39 is 22.0 Å². The molecular formula is C26H32O6S. The third-order valence-electron chi connectivity index (χ3n) is 5.57. The summed E-state index contributed by atoms with van der Waals surface area (Å²) in [7, 11) is -1.89. The van der Waals surface area contributed by atoms with Crippen LogP contribution in [0.25, 0.3) is 0 Å². The Labute approximate surface area is 196 Å². The van der Waals surface area contributed by atoms with Crippen molar-refractivity contribution < 1.29 is 27.7 Å². The molecule has 2 aromatic carbocycles. The van der Waals surface area contributed by atoms with Crippen molar-refractivity contribution in [2.75, 3.05) is 19.5 Å². The van der Waals surface area contributed by atoms with Gasteiger partial charge in [0.25, 0.3) is 0 Å². The van der Waals surface area contributed by atoms with E-state index in [1.165, 1.54) is 5.57 Å². The van der Waals surface area contributed by atoms with Crippen LogP contribution in [0.1, 0.15) is 25.3 Å². The highest BCUT2D eigenvalue weighted by Crippen LogP contribution is 2.19. The monoisotopic (exact) mass is 472 g/mol. The number of aliphatic hydroxyl groups is 1. The van der Waals surface area contributed by atoms with Gasteiger partial charge in [-0.25, -0.2) is 8.42 Å². The molecule has 7 heteroatoms. The third-order valence-corrected chi connectivity index (χ3v) is 7.33. The summed E-state index contributed by atoms with van der Waals surface area (Å²) in [4.78, 5) is 0.266. The third kappa shape index (κ3) is 7.82. The van der Waals surface area contributed by atoms with E-state index >= 15 is 0 Å². The number of hydrogen-bond acceptors (Lipinski definition) is 6. The fourth-order valence-corrected chi connectivity index (χ4v) is 4.90. The maximum atomic E-state index is 12.7. The molecule has 0 saturated carbocycles. The maximum Gasteiger partial charge on any atom is 0.178 e. The summed E-state index contributed by atoms with van der Waals surface area (Å²) in [5.74, 6) is 0.612. The molecule has 3 rings (SSSR count). The van der Waals surface area contributed by atoms with Crippen molar-refractivity contribution in [1.82, 2.24) is 0 Å². The first kappa shape index (κ1) is 25.2. The Morgan fingerprint density at radius 2 is 1.88 bits per heavy atom. The predicted octanol–water partition coefficient (Wildman–Crippen LogP) is 4.10. The van der Waals surface area contributed by atoms with Gasteiger partial charge in [-0.05, 0) is 49.6 Å². The van der Waals surface area contributed by atoms with Crippen LogP contribution in [0.15, 0.2) is 83.3 Å². The minimum atomic E-state index is -3.49. The Morgan fingerprint density at radius 1 is 1.15 bits per heavy atom. The lowest BCUT2D eigenvalue weighted by Crippen LogP contribution is -2.30. The van der Waals surface area contributed by atoms with Crippen molar-refractivity contribution in [2.45, 2.75) is 49.6 Å². The Kier molecular flexibility index (Phi) is 9.26. The van der Waals surface area contributed by atoms with Crippen LogP contribution in [0.4, 0.5) is 0 Å². The Morgan fingerprint density at radius 3 is 2.55 bits per heavy atom. The average Bonchev–Trinajstić information content (AvgIpc) is 2.83. The molecule has 178 valence electrons. The zero-order valence-electron chi connectivity index (χ0n) is 19.1. The molecule has 0 spiro atoms. The van der Waals surface area contributed by atoms with Gasteiger partial charge in [-0.2, -0.15) is 0 Å². The first-order valence-electron chi connectivity index (χ1n) is 11.0. The number of rotatable bonds is 11. The molecule has 1 aliphatic heterocycles. The van der Waals surface area contributed by atoms with E-state index in [1.54, 1.807) is 43.5 Å². The maximum absolute atomic E-state index is 12.7. The predicted molar refractivity (Wildman–Crippen MR) is 128 cm³/mol. The summed E-state index contributed by atoms with van der Waals surface area (Å²) >= 11 is 0. The van der Waals surface area contributed by atoms with E-state index in [9.17, 15) is 13.5 Å². The number of ether oxygens (including phenoxy) is 3. The van der Waals surface area contributed by atoms with Crippen molar-refractivity contribution in [3.05, 3.63) is 84.0 Å². The highest BCUT2D eigenvalue weighted by atomic mass is 32.2. The van der Waals surface area contributed by atoms with Crippen LogP contribution >= 0.6 is 0 Å². The van der Waals surface area contributed by atoms with Gasteiger partial charge < -0.3 is 19.3 Å².